The number of carbonyl (C=O) groups is 1. The molecule has 0 saturated carbocycles. The van der Waals surface area contributed by atoms with E-state index in [9.17, 15) is 22.0 Å². The van der Waals surface area contributed by atoms with Crippen molar-refractivity contribution in [3.05, 3.63) is 53.1 Å². The fraction of sp³-hybridized carbons (Fsp3) is 0.435. The average molecular weight is 509 g/mol. The number of anilines is 1. The molecule has 1 unspecified atom stereocenters. The molecule has 0 aliphatic carbocycles. The first-order valence-corrected chi connectivity index (χ1v) is 12.5. The van der Waals surface area contributed by atoms with Crippen molar-refractivity contribution < 1.29 is 31.5 Å². The van der Waals surface area contributed by atoms with Gasteiger partial charge in [-0.3, -0.25) is 9.79 Å². The largest absolute Gasteiger partial charge is 0.484 e. The molecule has 2 aliphatic heterocycles. The summed E-state index contributed by atoms with van der Waals surface area (Å²) in [6.07, 6.45) is 1.36. The lowest BCUT2D eigenvalue weighted by atomic mass is 9.92. The first-order valence-electron chi connectivity index (χ1n) is 10.8. The molecule has 12 heteroatoms. The number of nitrogens with two attached hydrogens (primary N) is 1. The number of halogens is 2. The third-order valence-electron chi connectivity index (χ3n) is 6.28. The molecular weight excluding hydrogens is 482 g/mol. The maximum Gasteiger partial charge on any atom is 0.274 e. The Kier molecular flexibility index (Phi) is 6.30. The molecule has 3 heterocycles. The van der Waals surface area contributed by atoms with Crippen LogP contribution in [0.4, 0.5) is 14.5 Å². The van der Waals surface area contributed by atoms with E-state index in [0.717, 1.165) is 6.07 Å². The van der Waals surface area contributed by atoms with Crippen LogP contribution in [0.1, 0.15) is 35.5 Å². The zero-order chi connectivity index (χ0) is 25.6. The number of nitrogens with zero attached hydrogens (tertiary/aromatic N) is 2. The molecule has 0 radical (unpaired) electrons. The lowest BCUT2D eigenvalue weighted by Crippen LogP contribution is -2.56. The second-order valence-corrected chi connectivity index (χ2v) is 11.7. The van der Waals surface area contributed by atoms with E-state index in [-0.39, 0.29) is 28.9 Å². The van der Waals surface area contributed by atoms with Gasteiger partial charge in [-0.05, 0) is 50.6 Å². The molecule has 188 valence electrons. The van der Waals surface area contributed by atoms with Gasteiger partial charge < -0.3 is 20.5 Å². The van der Waals surface area contributed by atoms with Gasteiger partial charge in [0.05, 0.1) is 25.2 Å². The van der Waals surface area contributed by atoms with Crippen molar-refractivity contribution in [3.8, 4) is 5.75 Å². The average Bonchev–Trinajstić information content (AvgIpc) is 2.76. The molecular formula is C23H26F2N4O5S. The minimum atomic E-state index is -3.97. The fourth-order valence-corrected chi connectivity index (χ4v) is 5.46. The molecule has 0 spiro atoms. The Morgan fingerprint density at radius 1 is 1.31 bits per heavy atom. The summed E-state index contributed by atoms with van der Waals surface area (Å²) >= 11 is 0. The summed E-state index contributed by atoms with van der Waals surface area (Å²) in [6.45, 7) is 4.09. The van der Waals surface area contributed by atoms with Crippen LogP contribution in [0.15, 0.2) is 35.5 Å². The molecule has 1 atom stereocenters. The van der Waals surface area contributed by atoms with E-state index in [0.29, 0.717) is 24.5 Å². The Bertz CT molecular complexity index is 1310. The Hall–Kier alpha value is -3.12. The van der Waals surface area contributed by atoms with Gasteiger partial charge in [0.15, 0.2) is 9.84 Å². The molecule has 1 amide bonds. The number of alkyl halides is 1. The van der Waals surface area contributed by atoms with Crippen LogP contribution >= 0.6 is 0 Å². The number of benzene rings is 1. The van der Waals surface area contributed by atoms with E-state index in [2.05, 4.69) is 15.3 Å². The van der Waals surface area contributed by atoms with Crippen molar-refractivity contribution in [1.82, 2.24) is 4.98 Å². The standard InChI is InChI=1S/C23H26F2N4O5S/c1-13-6-15(34-16-9-33-10-16)8-27-19(13)20(30)28-14-4-5-18(25)17(7-14)23(11-24)12-35(31,32)22(2,3)21(26)29-23/h4-8,16H,9-12H2,1-3H3,(H2,26,29)(H,28,30). The summed E-state index contributed by atoms with van der Waals surface area (Å²) in [5.41, 5.74) is 4.25. The predicted molar refractivity (Wildman–Crippen MR) is 126 cm³/mol. The van der Waals surface area contributed by atoms with Gasteiger partial charge in [0.1, 0.15) is 46.2 Å². The molecule has 1 fully saturated rings. The maximum absolute atomic E-state index is 14.8. The first-order chi connectivity index (χ1) is 16.4. The highest BCUT2D eigenvalue weighted by Crippen LogP contribution is 2.39. The summed E-state index contributed by atoms with van der Waals surface area (Å²) in [7, 11) is -3.97. The fourth-order valence-electron chi connectivity index (χ4n) is 3.81. The minimum absolute atomic E-state index is 0.0535. The molecule has 2 aromatic rings. The molecule has 1 saturated heterocycles. The van der Waals surface area contributed by atoms with Gasteiger partial charge >= 0.3 is 0 Å². The van der Waals surface area contributed by atoms with Crippen LogP contribution in [0.3, 0.4) is 0 Å². The molecule has 1 aromatic heterocycles. The number of aryl methyl sites for hydroxylation is 1. The Morgan fingerprint density at radius 3 is 2.60 bits per heavy atom. The number of amides is 1. The third kappa shape index (κ3) is 4.47. The number of pyridine rings is 1. The van der Waals surface area contributed by atoms with Crippen molar-refractivity contribution in [1.29, 1.82) is 0 Å². The van der Waals surface area contributed by atoms with Gasteiger partial charge in [0.2, 0.25) is 0 Å². The molecule has 4 rings (SSSR count). The van der Waals surface area contributed by atoms with E-state index in [1.807, 2.05) is 0 Å². The number of rotatable bonds is 6. The van der Waals surface area contributed by atoms with Crippen molar-refractivity contribution in [2.75, 3.05) is 31.0 Å². The lowest BCUT2D eigenvalue weighted by molar-refractivity contribution is -0.0798. The molecule has 35 heavy (non-hydrogen) atoms. The van der Waals surface area contributed by atoms with E-state index in [4.69, 9.17) is 15.2 Å². The number of hydrogen-bond donors (Lipinski definition) is 2. The number of ether oxygens (including phenoxy) is 2. The lowest BCUT2D eigenvalue weighted by Gasteiger charge is -2.38. The van der Waals surface area contributed by atoms with Gasteiger partial charge in [-0.1, -0.05) is 0 Å². The molecule has 2 aliphatic rings. The van der Waals surface area contributed by atoms with Crippen LogP contribution in [0.5, 0.6) is 5.75 Å². The quantitative estimate of drug-likeness (QED) is 0.612. The van der Waals surface area contributed by atoms with Crippen molar-refractivity contribution in [3.63, 3.8) is 0 Å². The van der Waals surface area contributed by atoms with Crippen molar-refractivity contribution in [2.45, 2.75) is 37.2 Å². The van der Waals surface area contributed by atoms with Crippen molar-refractivity contribution >= 4 is 27.3 Å². The van der Waals surface area contributed by atoms with Gasteiger partial charge in [-0.2, -0.15) is 0 Å². The SMILES string of the molecule is Cc1cc(OC2COC2)cnc1C(=O)Nc1ccc(F)c(C2(CF)CS(=O)(=O)C(C)(C)C(N)=N2)c1. The first kappa shape index (κ1) is 25.0. The number of sulfone groups is 1. The number of hydrogen-bond acceptors (Lipinski definition) is 8. The van der Waals surface area contributed by atoms with Crippen LogP contribution in [-0.2, 0) is 20.1 Å². The maximum atomic E-state index is 14.8. The Labute approximate surface area is 201 Å². The second kappa shape index (κ2) is 8.83. The summed E-state index contributed by atoms with van der Waals surface area (Å²) in [5.74, 6) is -2.05. The van der Waals surface area contributed by atoms with Gasteiger partial charge in [0, 0.05) is 11.3 Å². The normalized spacial score (nSPS) is 23.2. The van der Waals surface area contributed by atoms with Crippen LogP contribution < -0.4 is 15.8 Å². The van der Waals surface area contributed by atoms with Crippen LogP contribution in [0.25, 0.3) is 0 Å². The molecule has 9 nitrogen and oxygen atoms in total. The molecule has 1 aromatic carbocycles. The number of nitrogens with one attached hydrogen (secondary N) is 1. The zero-order valence-electron chi connectivity index (χ0n) is 19.5. The summed E-state index contributed by atoms with van der Waals surface area (Å²) < 4.78 is 64.1. The minimum Gasteiger partial charge on any atom is -0.484 e. The highest BCUT2D eigenvalue weighted by atomic mass is 32.2. The second-order valence-electron chi connectivity index (χ2n) is 9.19. The summed E-state index contributed by atoms with van der Waals surface area (Å²) in [4.78, 5) is 21.1. The van der Waals surface area contributed by atoms with Gasteiger partial charge in [0.25, 0.3) is 5.91 Å². The van der Waals surface area contributed by atoms with Gasteiger partial charge in [-0.15, -0.1) is 0 Å². The third-order valence-corrected chi connectivity index (χ3v) is 8.90. The van der Waals surface area contributed by atoms with Crippen molar-refractivity contribution in [2.24, 2.45) is 10.7 Å². The van der Waals surface area contributed by atoms with E-state index >= 15 is 0 Å². The number of aliphatic imine (C=N–C) groups is 1. The number of amidine groups is 1. The smallest absolute Gasteiger partial charge is 0.274 e. The summed E-state index contributed by atoms with van der Waals surface area (Å²) in [6, 6.07) is 5.13. The van der Waals surface area contributed by atoms with E-state index < -0.39 is 44.3 Å². The van der Waals surface area contributed by atoms with Gasteiger partial charge in [-0.25, -0.2) is 22.2 Å². The number of aromatic nitrogens is 1. The zero-order valence-corrected chi connectivity index (χ0v) is 20.3. The van der Waals surface area contributed by atoms with Crippen LogP contribution in [-0.4, -0.2) is 61.6 Å². The molecule has 3 N–H and O–H groups in total. The topological polar surface area (TPSA) is 133 Å². The van der Waals surface area contributed by atoms with Crippen LogP contribution in [0, 0.1) is 12.7 Å². The Morgan fingerprint density at radius 2 is 2.03 bits per heavy atom. The molecule has 0 bridgehead atoms. The predicted octanol–water partition coefficient (Wildman–Crippen LogP) is 2.29. The number of carbonyl (C=O) groups excluding carboxylic acids is 1. The van der Waals surface area contributed by atoms with E-state index in [1.165, 1.54) is 32.2 Å². The highest BCUT2D eigenvalue weighted by molar-refractivity contribution is 7.93. The van der Waals surface area contributed by atoms with Crippen LogP contribution in [0.2, 0.25) is 0 Å². The highest BCUT2D eigenvalue weighted by Gasteiger charge is 2.52. The van der Waals surface area contributed by atoms with E-state index in [1.54, 1.807) is 13.0 Å². The monoisotopic (exact) mass is 508 g/mol. The Balaban J connectivity index is 1.62. The summed E-state index contributed by atoms with van der Waals surface area (Å²) in [5, 5.41) is 2.60.